The van der Waals surface area contributed by atoms with Crippen LogP contribution < -0.4 is 0 Å². The number of aliphatic hydroxyl groups excluding tert-OH is 1. The minimum atomic E-state index is -0.165. The van der Waals surface area contributed by atoms with Crippen molar-refractivity contribution in [3.8, 4) is 0 Å². The second kappa shape index (κ2) is 4.03. The summed E-state index contributed by atoms with van der Waals surface area (Å²) in [5.41, 5.74) is 4.43. The van der Waals surface area contributed by atoms with Gasteiger partial charge in [0.2, 0.25) is 0 Å². The minimum Gasteiger partial charge on any atom is -0.392 e. The Balaban J connectivity index is 2.50. The van der Waals surface area contributed by atoms with Crippen molar-refractivity contribution >= 4 is 0 Å². The molecular weight excluding hydrogens is 196 g/mol. The smallest absolute Gasteiger partial charge is 0.0671 e. The van der Waals surface area contributed by atoms with Crippen molar-refractivity contribution < 1.29 is 5.11 Å². The molecule has 0 aromatic heterocycles. The molecule has 1 heteroatoms. The molecule has 0 amide bonds. The summed E-state index contributed by atoms with van der Waals surface area (Å²) in [6.07, 6.45) is 6.61. The predicted octanol–water partition coefficient (Wildman–Crippen LogP) is 3.84. The summed E-state index contributed by atoms with van der Waals surface area (Å²) in [5, 5.41) is 10.3. The van der Waals surface area contributed by atoms with Crippen LogP contribution in [0.25, 0.3) is 0 Å². The zero-order valence-corrected chi connectivity index (χ0v) is 11.0. The Bertz CT molecular complexity index is 348. The first kappa shape index (κ1) is 11.9. The first-order valence-electron chi connectivity index (χ1n) is 6.54. The Morgan fingerprint density at radius 3 is 2.75 bits per heavy atom. The summed E-state index contributed by atoms with van der Waals surface area (Å²) in [7, 11) is 0. The number of allylic oxidation sites excluding steroid dienone is 2. The molecule has 2 rings (SSSR count). The van der Waals surface area contributed by atoms with Crippen molar-refractivity contribution in [2.75, 3.05) is 0 Å². The highest BCUT2D eigenvalue weighted by Gasteiger charge is 2.43. The molecule has 2 aliphatic rings. The quantitative estimate of drug-likeness (QED) is 0.712. The zero-order valence-electron chi connectivity index (χ0n) is 11.0. The minimum absolute atomic E-state index is 0.0252. The van der Waals surface area contributed by atoms with Gasteiger partial charge < -0.3 is 5.11 Å². The first-order valence-corrected chi connectivity index (χ1v) is 6.54. The highest BCUT2D eigenvalue weighted by Crippen LogP contribution is 2.50. The molecule has 1 nitrogen and oxygen atoms in total. The molecule has 90 valence electrons. The number of hydrogen-bond acceptors (Lipinski definition) is 1. The average molecular weight is 220 g/mol. The van der Waals surface area contributed by atoms with Crippen LogP contribution in [0.3, 0.4) is 0 Å². The molecule has 16 heavy (non-hydrogen) atoms. The Morgan fingerprint density at radius 2 is 2.12 bits per heavy atom. The molecule has 1 N–H and O–H groups in total. The van der Waals surface area contributed by atoms with E-state index in [1.54, 1.807) is 0 Å². The van der Waals surface area contributed by atoms with E-state index in [-0.39, 0.29) is 11.5 Å². The van der Waals surface area contributed by atoms with Crippen molar-refractivity contribution in [2.45, 2.75) is 59.5 Å². The van der Waals surface area contributed by atoms with Gasteiger partial charge in [-0.2, -0.15) is 0 Å². The molecule has 2 atom stereocenters. The third-order valence-electron chi connectivity index (χ3n) is 4.46. The van der Waals surface area contributed by atoms with E-state index in [9.17, 15) is 5.11 Å². The van der Waals surface area contributed by atoms with Gasteiger partial charge in [-0.15, -0.1) is 0 Å². The van der Waals surface area contributed by atoms with E-state index in [1.807, 2.05) is 0 Å². The zero-order chi connectivity index (χ0) is 11.9. The second-order valence-corrected chi connectivity index (χ2v) is 6.08. The van der Waals surface area contributed by atoms with Crippen molar-refractivity contribution in [2.24, 2.45) is 11.3 Å². The number of rotatable bonds is 1. The molecule has 0 saturated heterocycles. The van der Waals surface area contributed by atoms with Gasteiger partial charge in [0.1, 0.15) is 0 Å². The van der Waals surface area contributed by atoms with Crippen molar-refractivity contribution in [1.82, 2.24) is 0 Å². The fourth-order valence-corrected chi connectivity index (χ4v) is 3.25. The van der Waals surface area contributed by atoms with Gasteiger partial charge in [-0.3, -0.25) is 0 Å². The summed E-state index contributed by atoms with van der Waals surface area (Å²) in [4.78, 5) is 0. The maximum absolute atomic E-state index is 10.3. The summed E-state index contributed by atoms with van der Waals surface area (Å²) >= 11 is 0. The Morgan fingerprint density at radius 1 is 1.44 bits per heavy atom. The highest BCUT2D eigenvalue weighted by molar-refractivity contribution is 5.42. The lowest BCUT2D eigenvalue weighted by molar-refractivity contribution is 0.0730. The Kier molecular flexibility index (Phi) is 3.00. The van der Waals surface area contributed by atoms with E-state index in [0.717, 1.165) is 12.8 Å². The topological polar surface area (TPSA) is 20.2 Å². The molecule has 0 fully saturated rings. The van der Waals surface area contributed by atoms with Gasteiger partial charge in [0.25, 0.3) is 0 Å². The number of aliphatic hydroxyl groups is 1. The van der Waals surface area contributed by atoms with E-state index >= 15 is 0 Å². The third-order valence-corrected chi connectivity index (χ3v) is 4.46. The van der Waals surface area contributed by atoms with Gasteiger partial charge in [0.05, 0.1) is 6.10 Å². The van der Waals surface area contributed by atoms with Crippen LogP contribution in [0.1, 0.15) is 53.4 Å². The van der Waals surface area contributed by atoms with Crippen LogP contribution in [0.15, 0.2) is 22.8 Å². The van der Waals surface area contributed by atoms with Crippen LogP contribution in [-0.2, 0) is 0 Å². The molecule has 0 aliphatic heterocycles. The summed E-state index contributed by atoms with van der Waals surface area (Å²) < 4.78 is 0. The van der Waals surface area contributed by atoms with Crippen molar-refractivity contribution in [3.05, 3.63) is 22.8 Å². The lowest BCUT2D eigenvalue weighted by Gasteiger charge is -2.29. The van der Waals surface area contributed by atoms with E-state index < -0.39 is 0 Å². The summed E-state index contributed by atoms with van der Waals surface area (Å²) in [6, 6.07) is 0. The van der Waals surface area contributed by atoms with Crippen molar-refractivity contribution in [3.63, 3.8) is 0 Å². The lowest BCUT2D eigenvalue weighted by atomic mass is 9.77. The van der Waals surface area contributed by atoms with E-state index in [1.165, 1.54) is 29.6 Å². The fraction of sp³-hybridized carbons (Fsp3) is 0.733. The van der Waals surface area contributed by atoms with Gasteiger partial charge in [-0.25, -0.2) is 0 Å². The molecule has 0 aromatic carbocycles. The van der Waals surface area contributed by atoms with Crippen molar-refractivity contribution in [1.29, 1.82) is 0 Å². The maximum atomic E-state index is 10.3. The van der Waals surface area contributed by atoms with Gasteiger partial charge in [0, 0.05) is 5.41 Å². The predicted molar refractivity (Wildman–Crippen MR) is 68.2 cm³/mol. The molecule has 0 heterocycles. The van der Waals surface area contributed by atoms with Crippen LogP contribution in [0.5, 0.6) is 0 Å². The highest BCUT2D eigenvalue weighted by atomic mass is 16.3. The Labute approximate surface area is 99.3 Å². The van der Waals surface area contributed by atoms with Crippen LogP contribution in [-0.4, -0.2) is 11.2 Å². The molecule has 0 saturated carbocycles. The van der Waals surface area contributed by atoms with Crippen LogP contribution >= 0.6 is 0 Å². The molecule has 2 aliphatic carbocycles. The van der Waals surface area contributed by atoms with Crippen LogP contribution in [0.2, 0.25) is 0 Å². The van der Waals surface area contributed by atoms with Crippen LogP contribution in [0.4, 0.5) is 0 Å². The van der Waals surface area contributed by atoms with Gasteiger partial charge in [-0.1, -0.05) is 38.0 Å². The molecule has 0 spiro atoms. The first-order chi connectivity index (χ1) is 7.45. The van der Waals surface area contributed by atoms with E-state index in [0.29, 0.717) is 5.92 Å². The van der Waals surface area contributed by atoms with Gasteiger partial charge in [-0.05, 0) is 44.1 Å². The number of hydrogen-bond donors (Lipinski definition) is 1. The summed E-state index contributed by atoms with van der Waals surface area (Å²) in [6.45, 7) is 8.96. The van der Waals surface area contributed by atoms with E-state index in [4.69, 9.17) is 0 Å². The SMILES string of the molecule is CC1=CC2=C(C(C)C)C[C@H](O)[C@@]2(C)CCC1. The van der Waals surface area contributed by atoms with E-state index in [2.05, 4.69) is 33.8 Å². The second-order valence-electron chi connectivity index (χ2n) is 6.08. The lowest BCUT2D eigenvalue weighted by Crippen LogP contribution is -2.28. The number of fused-ring (bicyclic) bond motifs is 1. The standard InChI is InChI=1S/C15H24O/c1-10(2)12-9-14(16)15(4)7-5-6-11(3)8-13(12)15/h8,10,14,16H,5-7,9H2,1-4H3/t14-,15-/m0/s1. The average Bonchev–Trinajstić information content (AvgIpc) is 2.35. The van der Waals surface area contributed by atoms with Gasteiger partial charge >= 0.3 is 0 Å². The van der Waals surface area contributed by atoms with Crippen LogP contribution in [0, 0.1) is 11.3 Å². The molecule has 0 aromatic rings. The molecular formula is C15H24O. The Hall–Kier alpha value is -0.560. The normalized spacial score (nSPS) is 35.1. The largest absolute Gasteiger partial charge is 0.392 e. The van der Waals surface area contributed by atoms with Gasteiger partial charge in [0.15, 0.2) is 0 Å². The summed E-state index contributed by atoms with van der Waals surface area (Å²) in [5.74, 6) is 0.564. The molecule has 0 radical (unpaired) electrons. The molecule has 0 bridgehead atoms. The molecule has 0 unspecified atom stereocenters. The monoisotopic (exact) mass is 220 g/mol. The fourth-order valence-electron chi connectivity index (χ4n) is 3.25. The maximum Gasteiger partial charge on any atom is 0.0671 e. The third kappa shape index (κ3) is 1.75.